The fraction of sp³-hybridized carbons (Fsp3) is 0.600. The zero-order valence-corrected chi connectivity index (χ0v) is 11.9. The summed E-state index contributed by atoms with van der Waals surface area (Å²) in [5.41, 5.74) is 5.17. The highest BCUT2D eigenvalue weighted by atomic mass is 16.5. The first-order valence-electron chi connectivity index (χ1n) is 6.71. The lowest BCUT2D eigenvalue weighted by Gasteiger charge is -2.19. The highest BCUT2D eigenvalue weighted by Crippen LogP contribution is 2.29. The summed E-state index contributed by atoms with van der Waals surface area (Å²) in [5.74, 6) is 1.05. The minimum atomic E-state index is 0.593. The number of nitrogens with one attached hydrogen (secondary N) is 2. The maximum absolute atomic E-state index is 5.60. The van der Waals surface area contributed by atoms with E-state index in [-0.39, 0.29) is 0 Å². The Kier molecular flexibility index (Phi) is 4.25. The van der Waals surface area contributed by atoms with Crippen molar-refractivity contribution in [3.63, 3.8) is 0 Å². The van der Waals surface area contributed by atoms with Gasteiger partial charge in [0, 0.05) is 24.7 Å². The minimum absolute atomic E-state index is 0.593. The summed E-state index contributed by atoms with van der Waals surface area (Å²) in [6.45, 7) is 9.53. The Hall–Kier alpha value is -1.06. The number of benzene rings is 1. The van der Waals surface area contributed by atoms with Gasteiger partial charge in [0.15, 0.2) is 0 Å². The van der Waals surface area contributed by atoms with Crippen molar-refractivity contribution in [3.05, 3.63) is 28.3 Å². The topological polar surface area (TPSA) is 33.3 Å². The molecule has 1 aromatic carbocycles. The van der Waals surface area contributed by atoms with Gasteiger partial charge in [0.05, 0.1) is 7.11 Å². The van der Waals surface area contributed by atoms with Gasteiger partial charge in [0.2, 0.25) is 0 Å². The van der Waals surface area contributed by atoms with Crippen molar-refractivity contribution in [1.29, 1.82) is 0 Å². The molecule has 0 amide bonds. The van der Waals surface area contributed by atoms with E-state index in [0.717, 1.165) is 25.4 Å². The Bertz CT molecular complexity index is 423. The van der Waals surface area contributed by atoms with Crippen molar-refractivity contribution in [2.45, 2.75) is 39.8 Å². The number of hydrogen-bond donors (Lipinski definition) is 2. The van der Waals surface area contributed by atoms with Gasteiger partial charge in [-0.1, -0.05) is 6.07 Å². The van der Waals surface area contributed by atoms with E-state index < -0.39 is 0 Å². The van der Waals surface area contributed by atoms with Gasteiger partial charge in [-0.3, -0.25) is 0 Å². The fourth-order valence-corrected chi connectivity index (χ4v) is 2.68. The van der Waals surface area contributed by atoms with Gasteiger partial charge < -0.3 is 15.4 Å². The van der Waals surface area contributed by atoms with E-state index >= 15 is 0 Å². The van der Waals surface area contributed by atoms with E-state index in [1.165, 1.54) is 28.7 Å². The molecule has 2 rings (SSSR count). The van der Waals surface area contributed by atoms with Crippen LogP contribution >= 0.6 is 0 Å². The molecule has 100 valence electrons. The van der Waals surface area contributed by atoms with Crippen molar-refractivity contribution in [1.82, 2.24) is 10.6 Å². The lowest BCUT2D eigenvalue weighted by atomic mass is 9.98. The van der Waals surface area contributed by atoms with Crippen LogP contribution in [0.4, 0.5) is 0 Å². The zero-order chi connectivity index (χ0) is 13.1. The molecule has 1 aromatic rings. The van der Waals surface area contributed by atoms with E-state index in [1.807, 2.05) is 0 Å². The van der Waals surface area contributed by atoms with Gasteiger partial charge in [-0.05, 0) is 50.4 Å². The van der Waals surface area contributed by atoms with Gasteiger partial charge in [-0.15, -0.1) is 0 Å². The third-order valence-electron chi connectivity index (χ3n) is 3.95. The molecule has 3 nitrogen and oxygen atoms in total. The first kappa shape index (κ1) is 13.4. The maximum atomic E-state index is 5.60. The number of aryl methyl sites for hydroxylation is 2. The molecule has 18 heavy (non-hydrogen) atoms. The molecule has 1 atom stereocenters. The van der Waals surface area contributed by atoms with E-state index in [1.54, 1.807) is 7.11 Å². The smallest absolute Gasteiger partial charge is 0.126 e. The summed E-state index contributed by atoms with van der Waals surface area (Å²) in [5, 5.41) is 7.00. The molecular weight excluding hydrogens is 224 g/mol. The van der Waals surface area contributed by atoms with E-state index in [0.29, 0.717) is 6.04 Å². The van der Waals surface area contributed by atoms with Crippen LogP contribution in [-0.4, -0.2) is 26.2 Å². The second kappa shape index (κ2) is 5.72. The molecule has 0 aromatic heterocycles. The second-order valence-corrected chi connectivity index (χ2v) is 5.22. The van der Waals surface area contributed by atoms with Crippen LogP contribution in [0, 0.1) is 20.8 Å². The Balaban J connectivity index is 2.17. The largest absolute Gasteiger partial charge is 0.496 e. The van der Waals surface area contributed by atoms with Crippen molar-refractivity contribution < 1.29 is 4.74 Å². The standard InChI is InChI=1S/C15H24N2O/c1-10-7-11(2)14(15(18-4)12(10)3)9-17-13-5-6-16-8-13/h7,13,16-17H,5-6,8-9H2,1-4H3. The molecule has 0 aliphatic carbocycles. The third kappa shape index (κ3) is 2.68. The Morgan fingerprint density at radius 3 is 2.72 bits per heavy atom. The van der Waals surface area contributed by atoms with Crippen molar-refractivity contribution >= 4 is 0 Å². The van der Waals surface area contributed by atoms with Crippen LogP contribution in [-0.2, 0) is 6.54 Å². The fourth-order valence-electron chi connectivity index (χ4n) is 2.68. The maximum Gasteiger partial charge on any atom is 0.126 e. The Labute approximate surface area is 110 Å². The van der Waals surface area contributed by atoms with Crippen molar-refractivity contribution in [3.8, 4) is 5.75 Å². The van der Waals surface area contributed by atoms with Gasteiger partial charge in [-0.25, -0.2) is 0 Å². The first-order chi connectivity index (χ1) is 8.63. The molecule has 0 bridgehead atoms. The predicted molar refractivity (Wildman–Crippen MR) is 75.3 cm³/mol. The van der Waals surface area contributed by atoms with Crippen LogP contribution in [0.1, 0.15) is 28.7 Å². The van der Waals surface area contributed by atoms with E-state index in [9.17, 15) is 0 Å². The number of methoxy groups -OCH3 is 1. The number of rotatable bonds is 4. The second-order valence-electron chi connectivity index (χ2n) is 5.22. The summed E-state index contributed by atoms with van der Waals surface area (Å²) in [4.78, 5) is 0. The Morgan fingerprint density at radius 1 is 1.33 bits per heavy atom. The average molecular weight is 248 g/mol. The molecule has 3 heteroatoms. The van der Waals surface area contributed by atoms with E-state index in [4.69, 9.17) is 4.74 Å². The normalized spacial score (nSPS) is 19.2. The number of ether oxygens (including phenoxy) is 1. The third-order valence-corrected chi connectivity index (χ3v) is 3.95. The summed E-state index contributed by atoms with van der Waals surface area (Å²) < 4.78 is 5.60. The monoisotopic (exact) mass is 248 g/mol. The molecule has 1 aliphatic rings. The molecule has 0 spiro atoms. The number of hydrogen-bond acceptors (Lipinski definition) is 3. The van der Waals surface area contributed by atoms with Crippen LogP contribution in [0.25, 0.3) is 0 Å². The molecule has 1 fully saturated rings. The summed E-state index contributed by atoms with van der Waals surface area (Å²) >= 11 is 0. The highest BCUT2D eigenvalue weighted by molar-refractivity contribution is 5.49. The molecule has 0 radical (unpaired) electrons. The van der Waals surface area contributed by atoms with Gasteiger partial charge in [0.1, 0.15) is 5.75 Å². The van der Waals surface area contributed by atoms with Gasteiger partial charge in [0.25, 0.3) is 0 Å². The summed E-state index contributed by atoms with van der Waals surface area (Å²) in [6.07, 6.45) is 1.21. The van der Waals surface area contributed by atoms with Crippen LogP contribution in [0.3, 0.4) is 0 Å². The van der Waals surface area contributed by atoms with Crippen molar-refractivity contribution in [2.24, 2.45) is 0 Å². The quantitative estimate of drug-likeness (QED) is 0.856. The molecule has 1 unspecified atom stereocenters. The van der Waals surface area contributed by atoms with Crippen LogP contribution < -0.4 is 15.4 Å². The summed E-state index contributed by atoms with van der Waals surface area (Å²) in [6, 6.07) is 2.85. The average Bonchev–Trinajstić information content (AvgIpc) is 2.85. The van der Waals surface area contributed by atoms with Crippen molar-refractivity contribution in [2.75, 3.05) is 20.2 Å². The molecule has 1 saturated heterocycles. The van der Waals surface area contributed by atoms with Crippen LogP contribution in [0.5, 0.6) is 5.75 Å². The van der Waals surface area contributed by atoms with Gasteiger partial charge in [-0.2, -0.15) is 0 Å². The first-order valence-corrected chi connectivity index (χ1v) is 6.71. The SMILES string of the molecule is COc1c(C)c(C)cc(C)c1CNC1CCNC1. The molecule has 0 saturated carbocycles. The molecule has 2 N–H and O–H groups in total. The summed E-state index contributed by atoms with van der Waals surface area (Å²) in [7, 11) is 1.77. The van der Waals surface area contributed by atoms with Crippen LogP contribution in [0.2, 0.25) is 0 Å². The van der Waals surface area contributed by atoms with Gasteiger partial charge >= 0.3 is 0 Å². The lowest BCUT2D eigenvalue weighted by molar-refractivity contribution is 0.401. The molecule has 1 aliphatic heterocycles. The lowest BCUT2D eigenvalue weighted by Crippen LogP contribution is -2.30. The molecular formula is C15H24N2O. The molecule has 1 heterocycles. The van der Waals surface area contributed by atoms with E-state index in [2.05, 4.69) is 37.5 Å². The zero-order valence-electron chi connectivity index (χ0n) is 11.9. The predicted octanol–water partition coefficient (Wildman–Crippen LogP) is 2.07. The minimum Gasteiger partial charge on any atom is -0.496 e. The Morgan fingerprint density at radius 2 is 2.11 bits per heavy atom. The highest BCUT2D eigenvalue weighted by Gasteiger charge is 2.16. The van der Waals surface area contributed by atoms with Crippen LogP contribution in [0.15, 0.2) is 6.07 Å².